The van der Waals surface area contributed by atoms with Crippen LogP contribution in [-0.4, -0.2) is 55.4 Å². The molecule has 0 aliphatic heterocycles. The van der Waals surface area contributed by atoms with Crippen LogP contribution in [0.15, 0.2) is 60.7 Å². The molecular weight excluding hydrogens is 334 g/mol. The predicted octanol–water partition coefficient (Wildman–Crippen LogP) is 1.01. The Hall–Kier alpha value is -2.35. The fourth-order valence-corrected chi connectivity index (χ4v) is 2.91. The normalized spacial score (nSPS) is 16.2. The number of fused-ring (bicyclic) bond motifs is 1. The summed E-state index contributed by atoms with van der Waals surface area (Å²) in [6.45, 7) is -0.725. The molecule has 1 heterocycles. The van der Waals surface area contributed by atoms with Crippen molar-refractivity contribution in [1.82, 2.24) is 4.98 Å². The van der Waals surface area contributed by atoms with Crippen LogP contribution in [0.4, 0.5) is 0 Å². The molecule has 0 bridgehead atoms. The highest BCUT2D eigenvalue weighted by Crippen LogP contribution is 2.31. The number of aliphatic hydroxyl groups excluding tert-OH is 5. The van der Waals surface area contributed by atoms with Crippen LogP contribution in [0.2, 0.25) is 0 Å². The zero-order valence-corrected chi connectivity index (χ0v) is 14.0. The van der Waals surface area contributed by atoms with Crippen molar-refractivity contribution >= 4 is 10.9 Å². The van der Waals surface area contributed by atoms with Gasteiger partial charge in [0.15, 0.2) is 0 Å². The van der Waals surface area contributed by atoms with Gasteiger partial charge in [-0.15, -0.1) is 0 Å². The molecule has 0 amide bonds. The molecule has 0 saturated heterocycles. The fourth-order valence-electron chi connectivity index (χ4n) is 2.91. The van der Waals surface area contributed by atoms with Crippen LogP contribution < -0.4 is 0 Å². The third kappa shape index (κ3) is 3.60. The van der Waals surface area contributed by atoms with Gasteiger partial charge in [0.05, 0.1) is 17.8 Å². The smallest absolute Gasteiger partial charge is 0.113 e. The van der Waals surface area contributed by atoms with Crippen molar-refractivity contribution in [3.05, 3.63) is 66.2 Å². The lowest BCUT2D eigenvalue weighted by atomic mass is 9.93. The summed E-state index contributed by atoms with van der Waals surface area (Å²) in [6, 6.07) is 18.2. The SMILES string of the molecule is OC[C@@H](O)[C@@H](O)[C@H](O)[C@H](O)c1cc(-c2ccccc2)nc2ccccc12. The highest BCUT2D eigenvalue weighted by molar-refractivity contribution is 5.85. The molecule has 0 unspecified atom stereocenters. The maximum atomic E-state index is 10.6. The van der Waals surface area contributed by atoms with Gasteiger partial charge in [0.1, 0.15) is 24.4 Å². The minimum atomic E-state index is -1.69. The largest absolute Gasteiger partial charge is 0.394 e. The van der Waals surface area contributed by atoms with Gasteiger partial charge in [0.2, 0.25) is 0 Å². The Morgan fingerprint density at radius 1 is 0.808 bits per heavy atom. The van der Waals surface area contributed by atoms with Crippen LogP contribution in [-0.2, 0) is 0 Å². The number of hydrogen-bond donors (Lipinski definition) is 5. The molecule has 0 aliphatic rings. The monoisotopic (exact) mass is 355 g/mol. The molecule has 0 fully saturated rings. The zero-order valence-electron chi connectivity index (χ0n) is 14.0. The Morgan fingerprint density at radius 2 is 1.46 bits per heavy atom. The molecule has 6 nitrogen and oxygen atoms in total. The quantitative estimate of drug-likeness (QED) is 0.451. The maximum Gasteiger partial charge on any atom is 0.113 e. The molecule has 0 radical (unpaired) electrons. The summed E-state index contributed by atoms with van der Waals surface area (Å²) in [5.41, 5.74) is 2.47. The van der Waals surface area contributed by atoms with Crippen molar-refractivity contribution in [2.24, 2.45) is 0 Å². The number of hydrogen-bond acceptors (Lipinski definition) is 6. The third-order valence-corrected chi connectivity index (χ3v) is 4.39. The highest BCUT2D eigenvalue weighted by atomic mass is 16.4. The molecule has 0 saturated carbocycles. The van der Waals surface area contributed by atoms with Crippen LogP contribution in [0.1, 0.15) is 11.7 Å². The molecule has 5 N–H and O–H groups in total. The number of aromatic nitrogens is 1. The van der Waals surface area contributed by atoms with Crippen molar-refractivity contribution in [2.45, 2.75) is 24.4 Å². The van der Waals surface area contributed by atoms with Gasteiger partial charge in [-0.25, -0.2) is 4.98 Å². The second-order valence-corrected chi connectivity index (χ2v) is 6.16. The molecule has 3 aromatic rings. The van der Waals surface area contributed by atoms with Crippen LogP contribution in [0.5, 0.6) is 0 Å². The number of aliphatic hydroxyl groups is 5. The van der Waals surface area contributed by atoms with Gasteiger partial charge in [-0.1, -0.05) is 48.5 Å². The average molecular weight is 355 g/mol. The summed E-state index contributed by atoms with van der Waals surface area (Å²) < 4.78 is 0. The molecule has 0 spiro atoms. The van der Waals surface area contributed by atoms with Crippen LogP contribution in [0.3, 0.4) is 0 Å². The van der Waals surface area contributed by atoms with Gasteiger partial charge >= 0.3 is 0 Å². The van der Waals surface area contributed by atoms with Gasteiger partial charge in [-0.2, -0.15) is 0 Å². The summed E-state index contributed by atoms with van der Waals surface area (Å²) in [5, 5.41) is 50.0. The zero-order chi connectivity index (χ0) is 18.7. The van der Waals surface area contributed by atoms with E-state index >= 15 is 0 Å². The predicted molar refractivity (Wildman–Crippen MR) is 97.2 cm³/mol. The van der Waals surface area contributed by atoms with Crippen LogP contribution in [0.25, 0.3) is 22.2 Å². The van der Waals surface area contributed by atoms with E-state index in [4.69, 9.17) is 5.11 Å². The van der Waals surface area contributed by atoms with Gasteiger partial charge in [0.25, 0.3) is 0 Å². The molecule has 1 aromatic heterocycles. The van der Waals surface area contributed by atoms with E-state index in [1.54, 1.807) is 24.3 Å². The van der Waals surface area contributed by atoms with Crippen molar-refractivity contribution in [3.63, 3.8) is 0 Å². The molecule has 136 valence electrons. The van der Waals surface area contributed by atoms with Gasteiger partial charge in [0, 0.05) is 10.9 Å². The van der Waals surface area contributed by atoms with E-state index in [1.807, 2.05) is 36.4 Å². The van der Waals surface area contributed by atoms with Crippen LogP contribution in [0, 0.1) is 0 Å². The minimum absolute atomic E-state index is 0.381. The number of benzene rings is 2. The lowest BCUT2D eigenvalue weighted by Crippen LogP contribution is -2.42. The first-order chi connectivity index (χ1) is 12.5. The van der Waals surface area contributed by atoms with Gasteiger partial charge in [-0.05, 0) is 17.7 Å². The Balaban J connectivity index is 2.09. The number of rotatable bonds is 6. The van der Waals surface area contributed by atoms with Crippen molar-refractivity contribution < 1.29 is 25.5 Å². The van der Waals surface area contributed by atoms with Gasteiger partial charge in [-0.3, -0.25) is 0 Å². The second-order valence-electron chi connectivity index (χ2n) is 6.16. The molecule has 0 aliphatic carbocycles. The Kier molecular flexibility index (Phi) is 5.61. The number of pyridine rings is 1. The minimum Gasteiger partial charge on any atom is -0.394 e. The van der Waals surface area contributed by atoms with Gasteiger partial charge < -0.3 is 25.5 Å². The Morgan fingerprint density at radius 3 is 2.15 bits per heavy atom. The first-order valence-corrected chi connectivity index (χ1v) is 8.31. The van der Waals surface area contributed by atoms with E-state index in [1.165, 1.54) is 0 Å². The van der Waals surface area contributed by atoms with E-state index in [-0.39, 0.29) is 0 Å². The molecule has 4 atom stereocenters. The Bertz CT molecular complexity index is 870. The van der Waals surface area contributed by atoms with E-state index in [2.05, 4.69) is 4.98 Å². The number of para-hydroxylation sites is 1. The first kappa shape index (κ1) is 18.4. The lowest BCUT2D eigenvalue weighted by molar-refractivity contribution is -0.115. The molecule has 6 heteroatoms. The summed E-state index contributed by atoms with van der Waals surface area (Å²) in [4.78, 5) is 4.60. The molecular formula is C20H21NO5. The number of nitrogens with zero attached hydrogens (tertiary/aromatic N) is 1. The summed E-state index contributed by atoms with van der Waals surface area (Å²) >= 11 is 0. The van der Waals surface area contributed by atoms with Crippen molar-refractivity contribution in [2.75, 3.05) is 6.61 Å². The van der Waals surface area contributed by atoms with Crippen molar-refractivity contribution in [1.29, 1.82) is 0 Å². The summed E-state index contributed by atoms with van der Waals surface area (Å²) in [6.07, 6.45) is -6.39. The van der Waals surface area contributed by atoms with E-state index < -0.39 is 31.0 Å². The summed E-state index contributed by atoms with van der Waals surface area (Å²) in [5.74, 6) is 0. The fraction of sp³-hybridized carbons (Fsp3) is 0.250. The molecule has 26 heavy (non-hydrogen) atoms. The maximum absolute atomic E-state index is 10.6. The first-order valence-electron chi connectivity index (χ1n) is 8.31. The van der Waals surface area contributed by atoms with Crippen molar-refractivity contribution in [3.8, 4) is 11.3 Å². The Labute approximate surface area is 150 Å². The second kappa shape index (κ2) is 7.90. The van der Waals surface area contributed by atoms with Crippen LogP contribution >= 0.6 is 0 Å². The average Bonchev–Trinajstić information content (AvgIpc) is 2.71. The van der Waals surface area contributed by atoms with E-state index in [0.29, 0.717) is 22.2 Å². The lowest BCUT2D eigenvalue weighted by Gasteiger charge is -2.26. The van der Waals surface area contributed by atoms with E-state index in [0.717, 1.165) is 5.56 Å². The molecule has 3 rings (SSSR count). The third-order valence-electron chi connectivity index (χ3n) is 4.39. The standard InChI is InChI=1S/C20H21NO5/c22-11-17(23)19(25)20(26)18(24)14-10-16(12-6-2-1-3-7-12)21-15-9-5-4-8-13(14)15/h1-10,17-20,22-26H,11H2/t17-,18-,19-,20-/m1/s1. The molecule has 2 aromatic carbocycles. The van der Waals surface area contributed by atoms with E-state index in [9.17, 15) is 20.4 Å². The topological polar surface area (TPSA) is 114 Å². The summed E-state index contributed by atoms with van der Waals surface area (Å²) in [7, 11) is 0. The highest BCUT2D eigenvalue weighted by Gasteiger charge is 2.32.